The number of carbonyl (C=O) groups excluding carboxylic acids is 1. The summed E-state index contributed by atoms with van der Waals surface area (Å²) in [4.78, 5) is 27.1. The second-order valence-electron chi connectivity index (χ2n) is 3.60. The van der Waals surface area contributed by atoms with Crippen LogP contribution < -0.4 is 5.69 Å². The number of carbonyl (C=O) groups is 1. The van der Waals surface area contributed by atoms with Crippen molar-refractivity contribution < 1.29 is 4.79 Å². The van der Waals surface area contributed by atoms with Gasteiger partial charge in [-0.05, 0) is 11.6 Å². The fraction of sp³-hybridized carbons (Fsp3) is 0.182. The maximum atomic E-state index is 11.8. The van der Waals surface area contributed by atoms with Crippen LogP contribution in [0.15, 0.2) is 35.5 Å². The van der Waals surface area contributed by atoms with Crippen LogP contribution in [0.4, 0.5) is 0 Å². The third kappa shape index (κ3) is 2.63. The highest BCUT2D eigenvalue weighted by atomic mass is 35.5. The zero-order valence-corrected chi connectivity index (χ0v) is 10.7. The van der Waals surface area contributed by atoms with Gasteiger partial charge in [-0.1, -0.05) is 17.7 Å². The number of halogens is 2. The first-order valence-corrected chi connectivity index (χ1v) is 6.00. The first-order chi connectivity index (χ1) is 8.61. The van der Waals surface area contributed by atoms with Gasteiger partial charge in [0.1, 0.15) is 11.0 Å². The minimum Gasteiger partial charge on any atom is -0.294 e. The van der Waals surface area contributed by atoms with Crippen molar-refractivity contribution in [1.82, 2.24) is 14.1 Å². The summed E-state index contributed by atoms with van der Waals surface area (Å²) in [6, 6.07) is 3.41. The van der Waals surface area contributed by atoms with E-state index in [0.717, 1.165) is 10.1 Å². The quantitative estimate of drug-likeness (QED) is 0.636. The molecule has 0 fully saturated rings. The van der Waals surface area contributed by atoms with Crippen LogP contribution in [0.1, 0.15) is 10.4 Å². The first-order valence-electron chi connectivity index (χ1n) is 5.09. The van der Waals surface area contributed by atoms with Crippen molar-refractivity contribution >= 4 is 29.1 Å². The summed E-state index contributed by atoms with van der Waals surface area (Å²) in [6.45, 7) is 0.325. The molecule has 2 aromatic rings. The number of alkyl halides is 1. The van der Waals surface area contributed by atoms with E-state index in [9.17, 15) is 9.59 Å². The van der Waals surface area contributed by atoms with Gasteiger partial charge in [0.25, 0.3) is 0 Å². The molecule has 2 aromatic heterocycles. The van der Waals surface area contributed by atoms with E-state index in [1.165, 1.54) is 17.0 Å². The van der Waals surface area contributed by atoms with Crippen LogP contribution >= 0.6 is 23.2 Å². The molecule has 0 aliphatic carbocycles. The van der Waals surface area contributed by atoms with Gasteiger partial charge in [0.15, 0.2) is 0 Å². The molecule has 2 rings (SSSR count). The van der Waals surface area contributed by atoms with E-state index in [1.807, 2.05) is 0 Å². The van der Waals surface area contributed by atoms with Crippen molar-refractivity contribution in [3.63, 3.8) is 0 Å². The highest BCUT2D eigenvalue weighted by molar-refractivity contribution is 6.29. The highest BCUT2D eigenvalue weighted by Crippen LogP contribution is 2.06. The number of nitrogens with zero attached hydrogens (tertiary/aromatic N) is 3. The third-order valence-electron chi connectivity index (χ3n) is 2.37. The van der Waals surface area contributed by atoms with E-state index in [1.54, 1.807) is 18.3 Å². The number of pyridine rings is 1. The Labute approximate surface area is 113 Å². The lowest BCUT2D eigenvalue weighted by Crippen LogP contribution is -2.29. The first kappa shape index (κ1) is 12.9. The monoisotopic (exact) mass is 285 g/mol. The summed E-state index contributed by atoms with van der Waals surface area (Å²) in [5.74, 6) is -0.679. The smallest absolute Gasteiger partial charge is 0.294 e. The van der Waals surface area contributed by atoms with Crippen molar-refractivity contribution in [2.24, 2.45) is 0 Å². The van der Waals surface area contributed by atoms with Crippen LogP contribution in [0.3, 0.4) is 0 Å². The number of imidazole rings is 1. The summed E-state index contributed by atoms with van der Waals surface area (Å²) < 4.78 is 2.38. The van der Waals surface area contributed by atoms with Crippen LogP contribution in [0.2, 0.25) is 5.15 Å². The molecule has 0 aliphatic rings. The lowest BCUT2D eigenvalue weighted by molar-refractivity contribution is 0.0935. The number of hydrogen-bond donors (Lipinski definition) is 0. The van der Waals surface area contributed by atoms with Crippen molar-refractivity contribution in [3.05, 3.63) is 51.9 Å². The maximum Gasteiger partial charge on any atom is 0.335 e. The van der Waals surface area contributed by atoms with Crippen molar-refractivity contribution in [2.45, 2.75) is 6.54 Å². The van der Waals surface area contributed by atoms with Gasteiger partial charge in [0, 0.05) is 18.6 Å². The fourth-order valence-electron chi connectivity index (χ4n) is 1.48. The number of aromatic nitrogens is 3. The van der Waals surface area contributed by atoms with Crippen LogP contribution in [-0.4, -0.2) is 25.9 Å². The molecule has 0 radical (unpaired) electrons. The molecule has 2 heterocycles. The Hall–Kier alpha value is -1.59. The maximum absolute atomic E-state index is 11.8. The minimum absolute atomic E-state index is 0.230. The van der Waals surface area contributed by atoms with Crippen LogP contribution in [0, 0.1) is 0 Å². The molecule has 7 heteroatoms. The van der Waals surface area contributed by atoms with E-state index in [0.29, 0.717) is 11.7 Å². The Morgan fingerprint density at radius 2 is 2.11 bits per heavy atom. The molecule has 18 heavy (non-hydrogen) atoms. The molecular formula is C11H9Cl2N3O2. The molecular weight excluding hydrogens is 277 g/mol. The zero-order chi connectivity index (χ0) is 13.1. The molecule has 0 aliphatic heterocycles. The van der Waals surface area contributed by atoms with Gasteiger partial charge in [-0.15, -0.1) is 11.6 Å². The standard InChI is InChI=1S/C11H9Cl2N3O2/c12-5-10(17)16-4-3-15(11(16)18)7-8-1-2-9(13)14-6-8/h1-4,6H,5,7H2. The van der Waals surface area contributed by atoms with Crippen molar-refractivity contribution in [1.29, 1.82) is 0 Å². The predicted molar refractivity (Wildman–Crippen MR) is 68.4 cm³/mol. The van der Waals surface area contributed by atoms with Gasteiger partial charge in [-0.2, -0.15) is 0 Å². The highest BCUT2D eigenvalue weighted by Gasteiger charge is 2.09. The Bertz CT molecular complexity index is 616. The van der Waals surface area contributed by atoms with Crippen LogP contribution in [0.5, 0.6) is 0 Å². The zero-order valence-electron chi connectivity index (χ0n) is 9.22. The number of rotatable bonds is 3. The fourth-order valence-corrected chi connectivity index (χ4v) is 1.72. The van der Waals surface area contributed by atoms with Gasteiger partial charge < -0.3 is 0 Å². The SMILES string of the molecule is O=C(CCl)n1ccn(Cc2ccc(Cl)nc2)c1=O. The van der Waals surface area contributed by atoms with E-state index < -0.39 is 11.6 Å². The number of hydrogen-bond acceptors (Lipinski definition) is 3. The van der Waals surface area contributed by atoms with Crippen LogP contribution in [0.25, 0.3) is 0 Å². The van der Waals surface area contributed by atoms with Crippen molar-refractivity contribution in [2.75, 3.05) is 5.88 Å². The van der Waals surface area contributed by atoms with E-state index in [2.05, 4.69) is 4.98 Å². The summed E-state index contributed by atoms with van der Waals surface area (Å²) in [5, 5.41) is 0.390. The van der Waals surface area contributed by atoms with Gasteiger partial charge in [0.05, 0.1) is 6.54 Å². The lowest BCUT2D eigenvalue weighted by Gasteiger charge is -2.01. The molecule has 5 nitrogen and oxygen atoms in total. The average molecular weight is 286 g/mol. The minimum atomic E-state index is -0.449. The summed E-state index contributed by atoms with van der Waals surface area (Å²) >= 11 is 11.1. The summed E-state index contributed by atoms with van der Waals surface area (Å²) in [6.07, 6.45) is 4.51. The van der Waals surface area contributed by atoms with Gasteiger partial charge in [-0.3, -0.25) is 9.36 Å². The van der Waals surface area contributed by atoms with E-state index in [-0.39, 0.29) is 5.88 Å². The molecule has 94 valence electrons. The Morgan fingerprint density at radius 3 is 2.72 bits per heavy atom. The van der Waals surface area contributed by atoms with Gasteiger partial charge in [-0.25, -0.2) is 14.3 Å². The molecule has 0 amide bonds. The molecule has 0 aromatic carbocycles. The lowest BCUT2D eigenvalue weighted by atomic mass is 10.3. The normalized spacial score (nSPS) is 10.6. The Morgan fingerprint density at radius 1 is 1.33 bits per heavy atom. The largest absolute Gasteiger partial charge is 0.335 e. The van der Waals surface area contributed by atoms with Crippen LogP contribution in [-0.2, 0) is 6.54 Å². The second-order valence-corrected chi connectivity index (χ2v) is 4.25. The third-order valence-corrected chi connectivity index (χ3v) is 2.82. The predicted octanol–water partition coefficient (Wildman–Crippen LogP) is 1.63. The molecule has 0 spiro atoms. The Kier molecular flexibility index (Phi) is 3.84. The molecule has 0 saturated carbocycles. The summed E-state index contributed by atoms with van der Waals surface area (Å²) in [5.41, 5.74) is 0.396. The molecule has 0 saturated heterocycles. The molecule has 0 atom stereocenters. The van der Waals surface area contributed by atoms with Gasteiger partial charge >= 0.3 is 5.69 Å². The van der Waals surface area contributed by atoms with Crippen molar-refractivity contribution in [3.8, 4) is 0 Å². The van der Waals surface area contributed by atoms with E-state index in [4.69, 9.17) is 23.2 Å². The second kappa shape index (κ2) is 5.37. The Balaban J connectivity index is 2.25. The topological polar surface area (TPSA) is 56.9 Å². The molecule has 0 bridgehead atoms. The average Bonchev–Trinajstić information content (AvgIpc) is 2.73. The summed E-state index contributed by atoms with van der Waals surface area (Å²) in [7, 11) is 0. The molecule has 0 N–H and O–H groups in total. The molecule has 0 unspecified atom stereocenters. The van der Waals surface area contributed by atoms with E-state index >= 15 is 0 Å². The van der Waals surface area contributed by atoms with Gasteiger partial charge in [0.2, 0.25) is 5.91 Å².